The van der Waals surface area contributed by atoms with Gasteiger partial charge in [-0.1, -0.05) is 20.8 Å². The van der Waals surface area contributed by atoms with E-state index in [1.807, 2.05) is 30.6 Å². The molecule has 8 nitrogen and oxygen atoms in total. The van der Waals surface area contributed by atoms with E-state index in [9.17, 15) is 9.59 Å². The van der Waals surface area contributed by atoms with Crippen LogP contribution in [-0.4, -0.2) is 91.9 Å². The molecule has 0 aromatic carbocycles. The first-order chi connectivity index (χ1) is 14.3. The fourth-order valence-corrected chi connectivity index (χ4v) is 3.86. The highest BCUT2D eigenvalue weighted by atomic mass is 16.5. The van der Waals surface area contributed by atoms with Crippen LogP contribution < -0.4 is 11.1 Å². The third-order valence-corrected chi connectivity index (χ3v) is 6.09. The molecule has 1 aliphatic rings. The second-order valence-electron chi connectivity index (χ2n) is 8.79. The third kappa shape index (κ3) is 8.49. The number of piperidine rings is 1. The third-order valence-electron chi connectivity index (χ3n) is 6.09. The Morgan fingerprint density at radius 2 is 1.80 bits per heavy atom. The van der Waals surface area contributed by atoms with Gasteiger partial charge in [0.1, 0.15) is 0 Å². The number of carbonyl (C=O) groups is 2. The van der Waals surface area contributed by atoms with Crippen molar-refractivity contribution in [2.75, 3.05) is 59.5 Å². The van der Waals surface area contributed by atoms with Gasteiger partial charge in [-0.25, -0.2) is 0 Å². The van der Waals surface area contributed by atoms with Crippen LogP contribution in [0, 0.1) is 11.8 Å². The smallest absolute Gasteiger partial charge is 0.226 e. The van der Waals surface area contributed by atoms with Crippen molar-refractivity contribution in [3.63, 3.8) is 0 Å². The predicted octanol–water partition coefficient (Wildman–Crippen LogP) is 0.826. The van der Waals surface area contributed by atoms with Gasteiger partial charge in [0.05, 0.1) is 5.60 Å². The van der Waals surface area contributed by atoms with E-state index in [4.69, 9.17) is 15.6 Å². The molecule has 0 saturated carbocycles. The van der Waals surface area contributed by atoms with Gasteiger partial charge in [-0.05, 0) is 38.6 Å². The van der Waals surface area contributed by atoms with Crippen molar-refractivity contribution in [2.24, 2.45) is 17.6 Å². The summed E-state index contributed by atoms with van der Waals surface area (Å²) < 4.78 is 5.57. The number of nitrogens with zero attached hydrogens (tertiary/aromatic N) is 2. The van der Waals surface area contributed by atoms with Crippen molar-refractivity contribution >= 4 is 11.8 Å². The number of unbranched alkanes of at least 4 members (excludes halogenated alkanes) is 1. The van der Waals surface area contributed by atoms with Gasteiger partial charge < -0.3 is 30.7 Å². The molecule has 0 aromatic rings. The number of hydrogen-bond donors (Lipinski definition) is 3. The van der Waals surface area contributed by atoms with Crippen molar-refractivity contribution in [3.8, 4) is 0 Å². The monoisotopic (exact) mass is 428 g/mol. The molecule has 2 amide bonds. The molecule has 0 spiro atoms. The van der Waals surface area contributed by atoms with E-state index in [0.29, 0.717) is 45.7 Å². The Hall–Kier alpha value is -1.22. The first-order valence-corrected chi connectivity index (χ1v) is 11.4. The lowest BCUT2D eigenvalue weighted by molar-refractivity contribution is -0.140. The molecule has 0 radical (unpaired) electrons. The Balaban J connectivity index is 2.25. The van der Waals surface area contributed by atoms with Crippen LogP contribution >= 0.6 is 0 Å². The zero-order chi connectivity index (χ0) is 22.6. The van der Waals surface area contributed by atoms with Crippen molar-refractivity contribution in [1.82, 2.24) is 15.1 Å². The van der Waals surface area contributed by atoms with Crippen LogP contribution in [0.25, 0.3) is 0 Å². The molecule has 8 heteroatoms. The molecule has 0 bridgehead atoms. The van der Waals surface area contributed by atoms with E-state index >= 15 is 0 Å². The molecule has 1 atom stereocenters. The number of nitrogens with two attached hydrogens (primary N) is 1. The number of aliphatic hydroxyl groups excluding tert-OH is 1. The summed E-state index contributed by atoms with van der Waals surface area (Å²) in [5, 5.41) is 12.4. The van der Waals surface area contributed by atoms with Gasteiger partial charge in [-0.15, -0.1) is 0 Å². The number of aliphatic hydroxyl groups is 1. The molecule has 1 aliphatic heterocycles. The number of methoxy groups -OCH3 is 1. The number of nitrogens with one attached hydrogen (secondary N) is 1. The summed E-state index contributed by atoms with van der Waals surface area (Å²) in [5.74, 6) is 0.232. The Morgan fingerprint density at radius 1 is 1.17 bits per heavy atom. The van der Waals surface area contributed by atoms with E-state index in [-0.39, 0.29) is 35.9 Å². The summed E-state index contributed by atoms with van der Waals surface area (Å²) in [6, 6.07) is 0. The van der Waals surface area contributed by atoms with Crippen molar-refractivity contribution in [3.05, 3.63) is 0 Å². The fourth-order valence-electron chi connectivity index (χ4n) is 3.86. The average molecular weight is 429 g/mol. The normalized spacial score (nSPS) is 17.2. The summed E-state index contributed by atoms with van der Waals surface area (Å²) >= 11 is 0. The van der Waals surface area contributed by atoms with Gasteiger partial charge in [0.15, 0.2) is 0 Å². The van der Waals surface area contributed by atoms with E-state index in [0.717, 1.165) is 32.2 Å². The molecule has 1 rings (SSSR count). The molecular formula is C22H44N4O4. The maximum atomic E-state index is 12.7. The van der Waals surface area contributed by atoms with Crippen molar-refractivity contribution in [2.45, 2.75) is 58.5 Å². The van der Waals surface area contributed by atoms with Crippen LogP contribution in [0.4, 0.5) is 0 Å². The highest BCUT2D eigenvalue weighted by Gasteiger charge is 2.35. The largest absolute Gasteiger partial charge is 0.396 e. The first kappa shape index (κ1) is 26.8. The van der Waals surface area contributed by atoms with E-state index < -0.39 is 0 Å². The Labute approximate surface area is 182 Å². The van der Waals surface area contributed by atoms with Gasteiger partial charge in [-0.2, -0.15) is 0 Å². The highest BCUT2D eigenvalue weighted by Crippen LogP contribution is 2.25. The number of amides is 2. The maximum Gasteiger partial charge on any atom is 0.226 e. The minimum atomic E-state index is -0.277. The summed E-state index contributed by atoms with van der Waals surface area (Å²) in [6.45, 7) is 10.6. The second-order valence-corrected chi connectivity index (χ2v) is 8.79. The van der Waals surface area contributed by atoms with Crippen molar-refractivity contribution in [1.29, 1.82) is 0 Å². The average Bonchev–Trinajstić information content (AvgIpc) is 2.76. The SMILES string of the molecule is COC1(CN)CCN(C(=O)C(C)CNCCCCN(CCCO)C(=O)C(C)C)CC1. The van der Waals surface area contributed by atoms with Crippen LogP contribution in [0.15, 0.2) is 0 Å². The summed E-state index contributed by atoms with van der Waals surface area (Å²) in [5.41, 5.74) is 5.56. The molecule has 0 aliphatic carbocycles. The van der Waals surface area contributed by atoms with Crippen LogP contribution in [0.2, 0.25) is 0 Å². The van der Waals surface area contributed by atoms with Crippen LogP contribution in [0.5, 0.6) is 0 Å². The summed E-state index contributed by atoms with van der Waals surface area (Å²) in [7, 11) is 1.70. The first-order valence-electron chi connectivity index (χ1n) is 11.4. The van der Waals surface area contributed by atoms with Gasteiger partial charge >= 0.3 is 0 Å². The Kier molecular flexibility index (Phi) is 12.5. The summed E-state index contributed by atoms with van der Waals surface area (Å²) in [4.78, 5) is 28.7. The number of likely N-dealkylation sites (tertiary alicyclic amines) is 1. The maximum absolute atomic E-state index is 12.7. The van der Waals surface area contributed by atoms with E-state index in [1.54, 1.807) is 7.11 Å². The molecule has 1 saturated heterocycles. The molecule has 4 N–H and O–H groups in total. The predicted molar refractivity (Wildman–Crippen MR) is 119 cm³/mol. The Morgan fingerprint density at radius 3 is 2.33 bits per heavy atom. The van der Waals surface area contributed by atoms with Crippen LogP contribution in [0.1, 0.15) is 52.9 Å². The quantitative estimate of drug-likeness (QED) is 0.354. The zero-order valence-corrected chi connectivity index (χ0v) is 19.5. The van der Waals surface area contributed by atoms with Crippen molar-refractivity contribution < 1.29 is 19.4 Å². The van der Waals surface area contributed by atoms with Gasteiger partial charge in [0.2, 0.25) is 11.8 Å². The minimum Gasteiger partial charge on any atom is -0.396 e. The minimum absolute atomic E-state index is 0.0256. The Bertz CT molecular complexity index is 501. The zero-order valence-electron chi connectivity index (χ0n) is 19.5. The molecule has 30 heavy (non-hydrogen) atoms. The number of carbonyl (C=O) groups excluding carboxylic acids is 2. The lowest BCUT2D eigenvalue weighted by atomic mass is 9.90. The number of rotatable bonds is 14. The number of hydrogen-bond acceptors (Lipinski definition) is 6. The van der Waals surface area contributed by atoms with Crippen LogP contribution in [-0.2, 0) is 14.3 Å². The molecule has 1 heterocycles. The van der Waals surface area contributed by atoms with Gasteiger partial charge in [-0.3, -0.25) is 9.59 Å². The van der Waals surface area contributed by atoms with Gasteiger partial charge in [0, 0.05) is 64.8 Å². The fraction of sp³-hybridized carbons (Fsp3) is 0.909. The lowest BCUT2D eigenvalue weighted by Gasteiger charge is -2.40. The second kappa shape index (κ2) is 14.0. The number of ether oxygens (including phenoxy) is 1. The lowest BCUT2D eigenvalue weighted by Crippen LogP contribution is -2.52. The molecule has 176 valence electrons. The topological polar surface area (TPSA) is 108 Å². The molecule has 1 unspecified atom stereocenters. The van der Waals surface area contributed by atoms with Gasteiger partial charge in [0.25, 0.3) is 0 Å². The molecule has 1 fully saturated rings. The standard InChI is InChI=1S/C22H44N4O4/c1-18(2)20(28)25(12-7-15-27)11-6-5-10-24-16-19(3)21(29)26-13-8-22(17-23,30-4)9-14-26/h18-19,24,27H,5-17,23H2,1-4H3. The van der Waals surface area contributed by atoms with Crippen LogP contribution in [0.3, 0.4) is 0 Å². The van der Waals surface area contributed by atoms with E-state index in [2.05, 4.69) is 5.32 Å². The summed E-state index contributed by atoms with van der Waals surface area (Å²) in [6.07, 6.45) is 4.03. The highest BCUT2D eigenvalue weighted by molar-refractivity contribution is 5.79. The molecular weight excluding hydrogens is 384 g/mol. The van der Waals surface area contributed by atoms with E-state index in [1.165, 1.54) is 0 Å². The molecule has 0 aromatic heterocycles.